The van der Waals surface area contributed by atoms with E-state index in [9.17, 15) is 15.0 Å². The summed E-state index contributed by atoms with van der Waals surface area (Å²) in [6, 6.07) is 9.23. The van der Waals surface area contributed by atoms with Gasteiger partial charge in [0.05, 0.1) is 24.0 Å². The van der Waals surface area contributed by atoms with Crippen molar-refractivity contribution in [2.45, 2.75) is 36.9 Å². The average molecular weight is 260 g/mol. The first-order chi connectivity index (χ1) is 8.98. The molecule has 2 rings (SSSR count). The van der Waals surface area contributed by atoms with Crippen molar-refractivity contribution in [3.8, 4) is 6.07 Å². The number of carbonyl (C=O) groups is 1. The fraction of sp³-hybridized carbons (Fsp3) is 0.429. The lowest BCUT2D eigenvalue weighted by molar-refractivity contribution is -0.121. The maximum atomic E-state index is 10.7. The Morgan fingerprint density at radius 1 is 1.47 bits per heavy atom. The third-order valence-corrected chi connectivity index (χ3v) is 3.52. The number of carbonyl (C=O) groups excluding carboxylic acids is 1. The summed E-state index contributed by atoms with van der Waals surface area (Å²) in [5.41, 5.74) is 5.89. The van der Waals surface area contributed by atoms with Crippen LogP contribution in [0.5, 0.6) is 0 Å². The Kier molecular flexibility index (Phi) is 3.56. The van der Waals surface area contributed by atoms with Crippen LogP contribution in [0.4, 0.5) is 0 Å². The first-order valence-electron chi connectivity index (χ1n) is 6.15. The van der Waals surface area contributed by atoms with Crippen molar-refractivity contribution in [3.63, 3.8) is 0 Å². The number of aliphatic hydroxyl groups is 2. The van der Waals surface area contributed by atoms with Crippen LogP contribution in [-0.2, 0) is 10.2 Å². The van der Waals surface area contributed by atoms with Gasteiger partial charge in [0.1, 0.15) is 6.10 Å². The van der Waals surface area contributed by atoms with E-state index in [0.29, 0.717) is 5.56 Å². The zero-order valence-corrected chi connectivity index (χ0v) is 10.4. The molecule has 1 aromatic rings. The average Bonchev–Trinajstić information content (AvgIpc) is 3.18. The summed E-state index contributed by atoms with van der Waals surface area (Å²) < 4.78 is 0. The number of benzene rings is 1. The standard InChI is InChI=1S/C14H16N2O3/c15-8-14(4-5-14)10-3-1-2-9(6-10)13(19)11(17)7-12(16)18/h1-3,6,11,13,17,19H,4-5,7H2,(H2,16,18). The molecule has 0 aliphatic heterocycles. The number of hydrogen-bond acceptors (Lipinski definition) is 4. The second kappa shape index (κ2) is 5.00. The van der Waals surface area contributed by atoms with Crippen LogP contribution >= 0.6 is 0 Å². The smallest absolute Gasteiger partial charge is 0.220 e. The van der Waals surface area contributed by atoms with Crippen molar-refractivity contribution in [1.29, 1.82) is 5.26 Å². The maximum Gasteiger partial charge on any atom is 0.220 e. The molecule has 5 heteroatoms. The molecule has 1 aliphatic rings. The highest BCUT2D eigenvalue weighted by Crippen LogP contribution is 2.47. The van der Waals surface area contributed by atoms with Gasteiger partial charge in [-0.3, -0.25) is 4.79 Å². The molecule has 2 unspecified atom stereocenters. The minimum atomic E-state index is -1.23. The summed E-state index contributed by atoms with van der Waals surface area (Å²) >= 11 is 0. The zero-order valence-electron chi connectivity index (χ0n) is 10.4. The Morgan fingerprint density at radius 2 is 2.16 bits per heavy atom. The Morgan fingerprint density at radius 3 is 2.68 bits per heavy atom. The number of primary amides is 1. The van der Waals surface area contributed by atoms with Crippen LogP contribution in [0.15, 0.2) is 24.3 Å². The van der Waals surface area contributed by atoms with E-state index in [2.05, 4.69) is 6.07 Å². The summed E-state index contributed by atoms with van der Waals surface area (Å²) in [5.74, 6) is -0.668. The van der Waals surface area contributed by atoms with Gasteiger partial charge in [0, 0.05) is 0 Å². The van der Waals surface area contributed by atoms with E-state index in [1.165, 1.54) is 0 Å². The predicted octanol–water partition coefficient (Wildman–Crippen LogP) is 0.511. The zero-order chi connectivity index (χ0) is 14.0. The summed E-state index contributed by atoms with van der Waals surface area (Å²) in [7, 11) is 0. The van der Waals surface area contributed by atoms with Crippen LogP contribution in [0.3, 0.4) is 0 Å². The molecule has 1 amide bonds. The topological polar surface area (TPSA) is 107 Å². The van der Waals surface area contributed by atoms with Crippen LogP contribution in [0, 0.1) is 11.3 Å². The first-order valence-corrected chi connectivity index (χ1v) is 6.15. The molecule has 1 aliphatic carbocycles. The normalized spacial score (nSPS) is 19.2. The van der Waals surface area contributed by atoms with E-state index >= 15 is 0 Å². The van der Waals surface area contributed by atoms with Crippen molar-refractivity contribution in [2.24, 2.45) is 5.73 Å². The number of hydrogen-bond donors (Lipinski definition) is 3. The number of nitriles is 1. The second-order valence-corrected chi connectivity index (χ2v) is 5.00. The highest BCUT2D eigenvalue weighted by atomic mass is 16.3. The van der Waals surface area contributed by atoms with E-state index in [0.717, 1.165) is 18.4 Å². The van der Waals surface area contributed by atoms with Crippen LogP contribution in [0.2, 0.25) is 0 Å². The molecule has 0 spiro atoms. The molecular weight excluding hydrogens is 244 g/mol. The first kappa shape index (κ1) is 13.5. The van der Waals surface area contributed by atoms with Gasteiger partial charge in [0.15, 0.2) is 0 Å². The van der Waals surface area contributed by atoms with Crippen LogP contribution in [0.25, 0.3) is 0 Å². The van der Waals surface area contributed by atoms with Gasteiger partial charge in [-0.25, -0.2) is 0 Å². The number of nitrogens with zero attached hydrogens (tertiary/aromatic N) is 1. The van der Waals surface area contributed by atoms with Gasteiger partial charge >= 0.3 is 0 Å². The molecule has 2 atom stereocenters. The molecule has 100 valence electrons. The number of rotatable bonds is 5. The van der Waals surface area contributed by atoms with Crippen LogP contribution < -0.4 is 5.73 Å². The second-order valence-electron chi connectivity index (χ2n) is 5.00. The van der Waals surface area contributed by atoms with Gasteiger partial charge in [0.2, 0.25) is 5.91 Å². The van der Waals surface area contributed by atoms with Gasteiger partial charge in [-0.2, -0.15) is 5.26 Å². The monoisotopic (exact) mass is 260 g/mol. The predicted molar refractivity (Wildman–Crippen MR) is 67.7 cm³/mol. The lowest BCUT2D eigenvalue weighted by atomic mass is 9.93. The molecule has 4 N–H and O–H groups in total. The van der Waals surface area contributed by atoms with E-state index in [4.69, 9.17) is 11.0 Å². The van der Waals surface area contributed by atoms with E-state index < -0.39 is 23.5 Å². The molecule has 0 heterocycles. The summed E-state index contributed by atoms with van der Waals surface area (Å²) in [6.07, 6.45) is -1.08. The molecule has 1 aromatic carbocycles. The summed E-state index contributed by atoms with van der Waals surface area (Å²) in [6.45, 7) is 0. The fourth-order valence-electron chi connectivity index (χ4n) is 2.15. The Hall–Kier alpha value is -1.90. The fourth-order valence-corrected chi connectivity index (χ4v) is 2.15. The molecule has 0 aromatic heterocycles. The van der Waals surface area contributed by atoms with Gasteiger partial charge in [-0.1, -0.05) is 24.3 Å². The highest BCUT2D eigenvalue weighted by Gasteiger charge is 2.45. The van der Waals surface area contributed by atoms with Gasteiger partial charge in [-0.15, -0.1) is 0 Å². The summed E-state index contributed by atoms with van der Waals surface area (Å²) in [5, 5.41) is 28.8. The molecule has 0 saturated heterocycles. The molecule has 5 nitrogen and oxygen atoms in total. The van der Waals surface area contributed by atoms with E-state index in [1.54, 1.807) is 18.2 Å². The van der Waals surface area contributed by atoms with Crippen molar-refractivity contribution < 1.29 is 15.0 Å². The molecule has 1 fully saturated rings. The van der Waals surface area contributed by atoms with E-state index in [1.807, 2.05) is 6.07 Å². The summed E-state index contributed by atoms with van der Waals surface area (Å²) in [4.78, 5) is 10.7. The third-order valence-electron chi connectivity index (χ3n) is 3.52. The van der Waals surface area contributed by atoms with Crippen molar-refractivity contribution in [1.82, 2.24) is 0 Å². The quantitative estimate of drug-likeness (QED) is 0.717. The minimum absolute atomic E-state index is 0.297. The molecular formula is C14H16N2O3. The molecule has 0 radical (unpaired) electrons. The molecule has 0 bridgehead atoms. The van der Waals surface area contributed by atoms with Crippen molar-refractivity contribution in [2.75, 3.05) is 0 Å². The molecule has 1 saturated carbocycles. The Balaban J connectivity index is 2.19. The Labute approximate surface area is 111 Å². The number of amides is 1. The van der Waals surface area contributed by atoms with Gasteiger partial charge in [-0.05, 0) is 24.0 Å². The lowest BCUT2D eigenvalue weighted by Crippen LogP contribution is -2.25. The number of nitrogens with two attached hydrogens (primary N) is 1. The minimum Gasteiger partial charge on any atom is -0.390 e. The van der Waals surface area contributed by atoms with Crippen LogP contribution in [0.1, 0.15) is 36.5 Å². The van der Waals surface area contributed by atoms with Crippen LogP contribution in [-0.4, -0.2) is 22.2 Å². The SMILES string of the molecule is N#CC1(c2cccc(C(O)C(O)CC(N)=O)c2)CC1. The van der Waals surface area contributed by atoms with Gasteiger partial charge < -0.3 is 15.9 Å². The Bertz CT molecular complexity index is 532. The maximum absolute atomic E-state index is 10.7. The van der Waals surface area contributed by atoms with Gasteiger partial charge in [0.25, 0.3) is 0 Å². The lowest BCUT2D eigenvalue weighted by Gasteiger charge is -2.18. The largest absolute Gasteiger partial charge is 0.390 e. The number of aliphatic hydroxyl groups excluding tert-OH is 2. The molecule has 19 heavy (non-hydrogen) atoms. The van der Waals surface area contributed by atoms with Crippen molar-refractivity contribution in [3.05, 3.63) is 35.4 Å². The van der Waals surface area contributed by atoms with Crippen molar-refractivity contribution >= 4 is 5.91 Å². The highest BCUT2D eigenvalue weighted by molar-refractivity contribution is 5.74. The van der Waals surface area contributed by atoms with E-state index in [-0.39, 0.29) is 6.42 Å². The third kappa shape index (κ3) is 2.75.